The Labute approximate surface area is 106 Å². The van der Waals surface area contributed by atoms with E-state index >= 15 is 0 Å². The van der Waals surface area contributed by atoms with Crippen molar-refractivity contribution in [2.24, 2.45) is 0 Å². The number of rotatable bonds is 5. The lowest BCUT2D eigenvalue weighted by Gasteiger charge is -2.15. The van der Waals surface area contributed by atoms with E-state index in [0.717, 1.165) is 5.56 Å². The molecule has 0 aliphatic rings. The van der Waals surface area contributed by atoms with E-state index in [1.165, 1.54) is 0 Å². The third-order valence-corrected chi connectivity index (χ3v) is 2.33. The molecule has 1 rings (SSSR count). The highest BCUT2D eigenvalue weighted by Gasteiger charge is 2.15. The van der Waals surface area contributed by atoms with Gasteiger partial charge in [-0.3, -0.25) is 9.59 Å². The number of aryl methyl sites for hydroxylation is 1. The Morgan fingerprint density at radius 1 is 1.61 bits per heavy atom. The molecular weight excluding hydrogens is 230 g/mol. The van der Waals surface area contributed by atoms with Crippen LogP contribution < -0.4 is 10.1 Å². The van der Waals surface area contributed by atoms with Crippen LogP contribution in [0.2, 0.25) is 0 Å². The van der Waals surface area contributed by atoms with Crippen molar-refractivity contribution in [3.8, 4) is 18.1 Å². The Hall–Kier alpha value is -2.28. The molecule has 0 fully saturated rings. The quantitative estimate of drug-likeness (QED) is 0.629. The van der Waals surface area contributed by atoms with Gasteiger partial charge in [-0.25, -0.2) is 0 Å². The summed E-state index contributed by atoms with van der Waals surface area (Å²) in [6.45, 7) is 3.63. The first kappa shape index (κ1) is 13.8. The minimum Gasteiger partial charge on any atom is -0.480 e. The molecule has 0 aliphatic carbocycles. The first-order valence-corrected chi connectivity index (χ1v) is 5.52. The van der Waals surface area contributed by atoms with E-state index in [2.05, 4.69) is 11.2 Å². The number of ether oxygens (including phenoxy) is 1. The number of nitrogens with one attached hydrogen (secondary N) is 1. The largest absolute Gasteiger partial charge is 0.480 e. The van der Waals surface area contributed by atoms with Gasteiger partial charge in [-0.15, -0.1) is 6.42 Å². The summed E-state index contributed by atoms with van der Waals surface area (Å²) >= 11 is 0. The maximum Gasteiger partial charge on any atom is 0.261 e. The molecule has 0 saturated heterocycles. The number of aldehydes is 1. The van der Waals surface area contributed by atoms with Gasteiger partial charge >= 0.3 is 0 Å². The Morgan fingerprint density at radius 3 is 2.94 bits per heavy atom. The maximum absolute atomic E-state index is 11.6. The number of amides is 1. The number of benzene rings is 1. The molecular formula is C14H15NO3. The Balaban J connectivity index is 2.75. The van der Waals surface area contributed by atoms with Crippen molar-refractivity contribution in [1.82, 2.24) is 5.32 Å². The van der Waals surface area contributed by atoms with Crippen molar-refractivity contribution < 1.29 is 14.3 Å². The van der Waals surface area contributed by atoms with Crippen LogP contribution in [0.1, 0.15) is 22.8 Å². The van der Waals surface area contributed by atoms with Gasteiger partial charge in [0, 0.05) is 0 Å². The van der Waals surface area contributed by atoms with Gasteiger partial charge in [-0.1, -0.05) is 17.6 Å². The molecule has 94 valence electrons. The van der Waals surface area contributed by atoms with Crippen molar-refractivity contribution in [2.75, 3.05) is 6.54 Å². The lowest BCUT2D eigenvalue weighted by molar-refractivity contribution is -0.127. The second kappa shape index (κ2) is 6.45. The van der Waals surface area contributed by atoms with Crippen LogP contribution in [-0.4, -0.2) is 24.8 Å². The number of terminal acetylenes is 1. The molecule has 1 N–H and O–H groups in total. The molecule has 0 spiro atoms. The minimum atomic E-state index is -0.709. The molecule has 0 bridgehead atoms. The molecule has 1 aromatic rings. The highest BCUT2D eigenvalue weighted by molar-refractivity contribution is 5.82. The highest BCUT2D eigenvalue weighted by atomic mass is 16.5. The number of carbonyl (C=O) groups is 2. The number of hydrogen-bond donors (Lipinski definition) is 1. The molecule has 4 heteroatoms. The van der Waals surface area contributed by atoms with Gasteiger partial charge in [-0.2, -0.15) is 0 Å². The van der Waals surface area contributed by atoms with Crippen LogP contribution in [0.15, 0.2) is 18.2 Å². The second-order valence-electron chi connectivity index (χ2n) is 3.84. The van der Waals surface area contributed by atoms with Crippen LogP contribution in [0.5, 0.6) is 5.75 Å². The third kappa shape index (κ3) is 3.63. The van der Waals surface area contributed by atoms with Crippen LogP contribution in [0.25, 0.3) is 0 Å². The molecule has 0 heterocycles. The fourth-order valence-corrected chi connectivity index (χ4v) is 1.39. The van der Waals surface area contributed by atoms with E-state index in [-0.39, 0.29) is 12.5 Å². The van der Waals surface area contributed by atoms with Crippen LogP contribution in [0, 0.1) is 19.3 Å². The topological polar surface area (TPSA) is 55.4 Å². The zero-order valence-electron chi connectivity index (χ0n) is 10.4. The molecule has 1 amide bonds. The molecule has 1 aromatic carbocycles. The van der Waals surface area contributed by atoms with Gasteiger partial charge < -0.3 is 10.1 Å². The Bertz CT molecular complexity index is 488. The number of hydrogen-bond acceptors (Lipinski definition) is 3. The maximum atomic E-state index is 11.6. The number of carbonyl (C=O) groups excluding carboxylic acids is 2. The summed E-state index contributed by atoms with van der Waals surface area (Å²) in [7, 11) is 0. The van der Waals surface area contributed by atoms with Gasteiger partial charge in [0.05, 0.1) is 12.1 Å². The minimum absolute atomic E-state index is 0.154. The monoisotopic (exact) mass is 245 g/mol. The van der Waals surface area contributed by atoms with E-state index in [1.54, 1.807) is 19.1 Å². The fraction of sp³-hybridized carbons (Fsp3) is 0.286. The SMILES string of the molecule is C#CCNC(=O)C(C)Oc1ccc(C)cc1C=O. The summed E-state index contributed by atoms with van der Waals surface area (Å²) in [4.78, 5) is 22.4. The predicted molar refractivity (Wildman–Crippen MR) is 68.5 cm³/mol. The van der Waals surface area contributed by atoms with Gasteiger partial charge in [-0.05, 0) is 26.0 Å². The van der Waals surface area contributed by atoms with E-state index in [9.17, 15) is 9.59 Å². The molecule has 0 aliphatic heterocycles. The normalized spacial score (nSPS) is 11.2. The van der Waals surface area contributed by atoms with Gasteiger partial charge in [0.15, 0.2) is 12.4 Å². The Morgan fingerprint density at radius 2 is 2.33 bits per heavy atom. The average Bonchev–Trinajstić information content (AvgIpc) is 2.37. The van der Waals surface area contributed by atoms with Gasteiger partial charge in [0.2, 0.25) is 0 Å². The van der Waals surface area contributed by atoms with E-state index in [1.807, 2.05) is 13.0 Å². The van der Waals surface area contributed by atoms with E-state index in [0.29, 0.717) is 17.6 Å². The highest BCUT2D eigenvalue weighted by Crippen LogP contribution is 2.19. The fourth-order valence-electron chi connectivity index (χ4n) is 1.39. The van der Waals surface area contributed by atoms with Crippen LogP contribution >= 0.6 is 0 Å². The molecule has 1 unspecified atom stereocenters. The molecule has 18 heavy (non-hydrogen) atoms. The molecule has 0 saturated carbocycles. The van der Waals surface area contributed by atoms with Crippen molar-refractivity contribution in [2.45, 2.75) is 20.0 Å². The molecule has 0 aromatic heterocycles. The summed E-state index contributed by atoms with van der Waals surface area (Å²) in [5.41, 5.74) is 1.38. The zero-order chi connectivity index (χ0) is 13.5. The molecule has 0 radical (unpaired) electrons. The molecule has 1 atom stereocenters. The summed E-state index contributed by atoms with van der Waals surface area (Å²) in [6, 6.07) is 5.19. The first-order chi connectivity index (χ1) is 8.58. The predicted octanol–water partition coefficient (Wildman–Crippen LogP) is 1.32. The van der Waals surface area contributed by atoms with Gasteiger partial charge in [0.25, 0.3) is 5.91 Å². The van der Waals surface area contributed by atoms with Crippen molar-refractivity contribution in [3.63, 3.8) is 0 Å². The van der Waals surface area contributed by atoms with Crippen molar-refractivity contribution in [1.29, 1.82) is 0 Å². The standard InChI is InChI=1S/C14H15NO3/c1-4-7-15-14(17)11(3)18-13-6-5-10(2)8-12(13)9-16/h1,5-6,8-9,11H,7H2,2-3H3,(H,15,17). The summed E-state index contributed by atoms with van der Waals surface area (Å²) in [6.07, 6.45) is 5.03. The Kier molecular flexibility index (Phi) is 4.94. The van der Waals surface area contributed by atoms with E-state index < -0.39 is 6.10 Å². The average molecular weight is 245 g/mol. The smallest absolute Gasteiger partial charge is 0.261 e. The van der Waals surface area contributed by atoms with Crippen molar-refractivity contribution >= 4 is 12.2 Å². The second-order valence-corrected chi connectivity index (χ2v) is 3.84. The summed E-state index contributed by atoms with van der Waals surface area (Å²) in [5.74, 6) is 2.38. The summed E-state index contributed by atoms with van der Waals surface area (Å²) < 4.78 is 5.44. The van der Waals surface area contributed by atoms with Crippen LogP contribution in [0.4, 0.5) is 0 Å². The van der Waals surface area contributed by atoms with Gasteiger partial charge in [0.1, 0.15) is 5.75 Å². The molecule has 4 nitrogen and oxygen atoms in total. The van der Waals surface area contributed by atoms with Crippen molar-refractivity contribution in [3.05, 3.63) is 29.3 Å². The zero-order valence-corrected chi connectivity index (χ0v) is 10.4. The van der Waals surface area contributed by atoms with Crippen LogP contribution in [0.3, 0.4) is 0 Å². The first-order valence-electron chi connectivity index (χ1n) is 5.52. The van der Waals surface area contributed by atoms with Crippen LogP contribution in [-0.2, 0) is 4.79 Å². The lowest BCUT2D eigenvalue weighted by Crippen LogP contribution is -2.36. The lowest BCUT2D eigenvalue weighted by atomic mass is 10.1. The van der Waals surface area contributed by atoms with E-state index in [4.69, 9.17) is 11.2 Å². The third-order valence-electron chi connectivity index (χ3n) is 2.33. The summed E-state index contributed by atoms with van der Waals surface area (Å²) in [5, 5.41) is 2.51.